The van der Waals surface area contributed by atoms with E-state index in [2.05, 4.69) is 132 Å². The zero-order valence-corrected chi connectivity index (χ0v) is 27.4. The fourth-order valence-corrected chi connectivity index (χ4v) is 7.19. The highest BCUT2D eigenvalue weighted by Gasteiger charge is 2.37. The first-order chi connectivity index (χ1) is 22.7. The maximum absolute atomic E-state index is 6.05. The minimum atomic E-state index is -0.375. The number of rotatable bonds is 12. The van der Waals surface area contributed by atoms with E-state index in [9.17, 15) is 0 Å². The number of hydrogen-bond acceptors (Lipinski definition) is 2. The Morgan fingerprint density at radius 2 is 1.30 bits per heavy atom. The fourth-order valence-electron chi connectivity index (χ4n) is 5.50. The van der Waals surface area contributed by atoms with Crippen molar-refractivity contribution in [3.05, 3.63) is 193 Å². The maximum atomic E-state index is 6.05. The molecule has 3 nitrogen and oxygen atoms in total. The summed E-state index contributed by atoms with van der Waals surface area (Å²) in [6.07, 6.45) is 9.35. The smallest absolute Gasteiger partial charge is 0.128 e. The van der Waals surface area contributed by atoms with E-state index < -0.39 is 0 Å². The minimum absolute atomic E-state index is 0.375. The van der Waals surface area contributed by atoms with Crippen LogP contribution in [0.4, 0.5) is 0 Å². The Hall–Kier alpha value is -4.87. The highest BCUT2D eigenvalue weighted by atomic mass is 28.2. The van der Waals surface area contributed by atoms with Crippen LogP contribution >= 0.6 is 0 Å². The predicted molar refractivity (Wildman–Crippen MR) is 194 cm³/mol. The molecular weight excluding hydrogens is 575 g/mol. The molecule has 0 atom stereocenters. The van der Waals surface area contributed by atoms with Gasteiger partial charge in [0.1, 0.15) is 23.1 Å². The molecular formula is C41H39BN2OSi. The average molecular weight is 615 g/mol. The summed E-state index contributed by atoms with van der Waals surface area (Å²) >= 11 is 0. The van der Waals surface area contributed by atoms with Crippen LogP contribution in [-0.2, 0) is 5.16 Å². The van der Waals surface area contributed by atoms with Gasteiger partial charge in [0.15, 0.2) is 0 Å². The second kappa shape index (κ2) is 17.0. The van der Waals surface area contributed by atoms with E-state index in [1.807, 2.05) is 48.9 Å². The Kier molecular flexibility index (Phi) is 12.0. The lowest BCUT2D eigenvalue weighted by Gasteiger charge is -2.36. The molecule has 0 amide bonds. The van der Waals surface area contributed by atoms with Gasteiger partial charge < -0.3 is 9.30 Å². The van der Waals surface area contributed by atoms with E-state index in [-0.39, 0.29) is 5.16 Å². The first-order valence-electron chi connectivity index (χ1n) is 15.9. The Morgan fingerprint density at radius 3 is 1.80 bits per heavy atom. The van der Waals surface area contributed by atoms with Gasteiger partial charge >= 0.3 is 0 Å². The van der Waals surface area contributed by atoms with Crippen LogP contribution < -0.4 is 9.92 Å². The molecule has 4 radical (unpaired) electrons. The first-order valence-corrected chi connectivity index (χ1v) is 16.9. The third-order valence-corrected chi connectivity index (χ3v) is 9.58. The van der Waals surface area contributed by atoms with Crippen LogP contribution in [0, 0.1) is 0 Å². The summed E-state index contributed by atoms with van der Waals surface area (Å²) in [7, 11) is 6.13. The van der Waals surface area contributed by atoms with Gasteiger partial charge in [-0.15, -0.1) is 5.98 Å². The van der Waals surface area contributed by atoms with Crippen LogP contribution in [-0.4, -0.2) is 33.5 Å². The van der Waals surface area contributed by atoms with Gasteiger partial charge in [-0.1, -0.05) is 158 Å². The van der Waals surface area contributed by atoms with Crippen molar-refractivity contribution in [3.63, 3.8) is 0 Å². The summed E-state index contributed by atoms with van der Waals surface area (Å²) in [5, 5.41) is 0.884. The molecule has 0 saturated heterocycles. The van der Waals surface area contributed by atoms with Crippen LogP contribution in [0.3, 0.4) is 0 Å². The van der Waals surface area contributed by atoms with E-state index in [0.29, 0.717) is 9.52 Å². The molecule has 5 heteroatoms. The largest absolute Gasteiger partial charge is 0.494 e. The maximum Gasteiger partial charge on any atom is 0.128 e. The molecule has 1 aromatic heterocycles. The zero-order chi connectivity index (χ0) is 31.9. The second-order valence-electron chi connectivity index (χ2n) is 10.9. The highest BCUT2D eigenvalue weighted by Crippen LogP contribution is 2.33. The van der Waals surface area contributed by atoms with Crippen LogP contribution in [0.5, 0.6) is 5.75 Å². The molecule has 0 spiro atoms. The number of nitrogens with zero attached hydrogens (tertiary/aromatic N) is 2. The number of ether oxygens (including phenoxy) is 1. The molecule has 0 bridgehead atoms. The van der Waals surface area contributed by atoms with Crippen molar-refractivity contribution in [3.8, 4) is 5.75 Å². The van der Waals surface area contributed by atoms with Gasteiger partial charge in [-0.25, -0.2) is 4.98 Å². The summed E-state index contributed by atoms with van der Waals surface area (Å²) in [5.41, 5.74) is 5.84. The number of unbranched alkanes of at least 4 members (excludes halogenated alkanes) is 2. The summed E-state index contributed by atoms with van der Waals surface area (Å²) < 4.78 is 8.29. The molecule has 1 heterocycles. The van der Waals surface area contributed by atoms with Crippen LogP contribution in [0.25, 0.3) is 5.57 Å². The molecule has 0 saturated carbocycles. The van der Waals surface area contributed by atoms with Gasteiger partial charge in [-0.3, -0.25) is 0 Å². The molecule has 6 aromatic rings. The molecule has 226 valence electrons. The van der Waals surface area contributed by atoms with E-state index in [0.717, 1.165) is 35.5 Å². The van der Waals surface area contributed by atoms with Crippen molar-refractivity contribution in [1.82, 2.24) is 9.55 Å². The molecule has 46 heavy (non-hydrogen) atoms. The van der Waals surface area contributed by atoms with E-state index in [1.54, 1.807) is 5.98 Å². The van der Waals surface area contributed by atoms with Crippen LogP contribution in [0.1, 0.15) is 48.4 Å². The zero-order valence-electron chi connectivity index (χ0n) is 26.4. The molecule has 0 N–H and O–H groups in total. The van der Waals surface area contributed by atoms with Crippen molar-refractivity contribution >= 4 is 28.1 Å². The van der Waals surface area contributed by atoms with Gasteiger partial charge in [0.2, 0.25) is 0 Å². The Balaban J connectivity index is 0.000000232. The normalized spacial score (nSPS) is 10.8. The quantitative estimate of drug-likeness (QED) is 0.102. The molecule has 6 rings (SSSR count). The molecule has 0 aliphatic carbocycles. The number of imidazole rings is 1. The summed E-state index contributed by atoms with van der Waals surface area (Å²) in [6, 6.07) is 50.3. The van der Waals surface area contributed by atoms with E-state index in [4.69, 9.17) is 12.6 Å². The van der Waals surface area contributed by atoms with E-state index >= 15 is 0 Å². The summed E-state index contributed by atoms with van der Waals surface area (Å²) in [5.74, 6) is 2.60. The van der Waals surface area contributed by atoms with Gasteiger partial charge in [0.25, 0.3) is 0 Å². The molecule has 5 aromatic carbocycles. The lowest BCUT2D eigenvalue weighted by atomic mass is 9.92. The Bertz CT molecular complexity index is 1660. The lowest BCUT2D eigenvalue weighted by molar-refractivity contribution is 0.306. The molecule has 0 aliphatic rings. The lowest BCUT2D eigenvalue weighted by Crippen LogP contribution is -2.46. The summed E-state index contributed by atoms with van der Waals surface area (Å²) in [6.45, 7) is 2.98. The molecule has 0 unspecified atom stereocenters. The van der Waals surface area contributed by atoms with Crippen LogP contribution in [0.15, 0.2) is 170 Å². The molecule has 0 aliphatic heterocycles. The van der Waals surface area contributed by atoms with Gasteiger partial charge in [-0.05, 0) is 46.4 Å². The highest BCUT2D eigenvalue weighted by molar-refractivity contribution is 6.57. The standard InChI is InChI=1S/C27H28N2OSi.C14H11B/c1-2-3-10-20-30-25-16-11-17-26(21-25)31-27(29-19-18-28-22-29,23-12-6-4-7-13-23)24-14-8-5-9-15-24;15-11-14(12-7-3-1-4-8-12)13-9-5-2-6-10-13/h4-9,11-19,21-22H,2-3,10,20H2,1H3;1-11H. The van der Waals surface area contributed by atoms with Crippen molar-refractivity contribution in [2.75, 3.05) is 6.61 Å². The van der Waals surface area contributed by atoms with E-state index in [1.165, 1.54) is 29.2 Å². The van der Waals surface area contributed by atoms with Gasteiger partial charge in [0.05, 0.1) is 18.1 Å². The monoisotopic (exact) mass is 614 g/mol. The average Bonchev–Trinajstić information content (AvgIpc) is 3.67. The number of hydrogen-bond donors (Lipinski definition) is 0. The third kappa shape index (κ3) is 8.23. The van der Waals surface area contributed by atoms with Crippen molar-refractivity contribution < 1.29 is 4.74 Å². The number of benzene rings is 5. The Labute approximate surface area is 277 Å². The van der Waals surface area contributed by atoms with Gasteiger partial charge in [0, 0.05) is 12.4 Å². The summed E-state index contributed by atoms with van der Waals surface area (Å²) in [4.78, 5) is 4.40. The minimum Gasteiger partial charge on any atom is -0.494 e. The fraction of sp³-hybridized carbons (Fsp3) is 0.146. The van der Waals surface area contributed by atoms with Crippen molar-refractivity contribution in [1.29, 1.82) is 0 Å². The van der Waals surface area contributed by atoms with Gasteiger partial charge in [-0.2, -0.15) is 0 Å². The van der Waals surface area contributed by atoms with Crippen molar-refractivity contribution in [2.24, 2.45) is 0 Å². The third-order valence-electron chi connectivity index (χ3n) is 7.79. The number of aromatic nitrogens is 2. The van der Waals surface area contributed by atoms with Crippen LogP contribution in [0.2, 0.25) is 0 Å². The SMILES string of the molecule is CCCCCOc1cccc([Si]C(c2ccccc2)(c2ccccc2)n2ccnc2)c1.[B]C=C(c1ccccc1)c1ccccc1. The Morgan fingerprint density at radius 1 is 0.739 bits per heavy atom. The second-order valence-corrected chi connectivity index (χ2v) is 12.5. The topological polar surface area (TPSA) is 27.1 Å². The molecule has 0 fully saturated rings. The van der Waals surface area contributed by atoms with Crippen molar-refractivity contribution in [2.45, 2.75) is 31.3 Å². The first kappa shape index (κ1) is 32.5. The predicted octanol–water partition coefficient (Wildman–Crippen LogP) is 8.48.